The molecule has 1 amide bonds. The molecule has 1 aromatic carbocycles. The highest BCUT2D eigenvalue weighted by molar-refractivity contribution is 9.10. The average Bonchev–Trinajstić information content (AvgIpc) is 2.34. The zero-order valence-electron chi connectivity index (χ0n) is 10.9. The number of halogens is 1. The molecule has 7 heteroatoms. The Kier molecular flexibility index (Phi) is 5.81. The molecule has 0 bridgehead atoms. The van der Waals surface area contributed by atoms with E-state index in [9.17, 15) is 13.2 Å². The molecular formula is C12H17BrN2O3S. The second kappa shape index (κ2) is 6.91. The summed E-state index contributed by atoms with van der Waals surface area (Å²) in [7, 11) is -3.37. The van der Waals surface area contributed by atoms with Gasteiger partial charge in [0.25, 0.3) is 0 Å². The van der Waals surface area contributed by atoms with Crippen LogP contribution >= 0.6 is 15.9 Å². The summed E-state index contributed by atoms with van der Waals surface area (Å²) in [5, 5.41) is 2.66. The van der Waals surface area contributed by atoms with E-state index >= 15 is 0 Å². The summed E-state index contributed by atoms with van der Waals surface area (Å²) in [6.07, 6.45) is 1.54. The molecule has 0 aliphatic carbocycles. The third kappa shape index (κ3) is 5.20. The van der Waals surface area contributed by atoms with Crippen molar-refractivity contribution in [1.82, 2.24) is 5.32 Å². The third-order valence-corrected chi connectivity index (χ3v) is 4.20. The third-order valence-electron chi connectivity index (χ3n) is 2.47. The number of anilines is 1. The number of rotatable bonds is 6. The van der Waals surface area contributed by atoms with E-state index in [-0.39, 0.29) is 19.0 Å². The molecule has 1 rings (SSSR count). The maximum absolute atomic E-state index is 11.8. The van der Waals surface area contributed by atoms with E-state index in [4.69, 9.17) is 0 Å². The van der Waals surface area contributed by atoms with Crippen LogP contribution in [0.3, 0.4) is 0 Å². The van der Waals surface area contributed by atoms with Crippen molar-refractivity contribution in [3.8, 4) is 0 Å². The van der Waals surface area contributed by atoms with Crippen LogP contribution < -0.4 is 9.62 Å². The van der Waals surface area contributed by atoms with Crippen LogP contribution in [0.1, 0.15) is 13.3 Å². The number of benzene rings is 1. The highest BCUT2D eigenvalue weighted by Gasteiger charge is 2.16. The van der Waals surface area contributed by atoms with Gasteiger partial charge in [-0.1, -0.05) is 22.9 Å². The molecule has 0 atom stereocenters. The van der Waals surface area contributed by atoms with Gasteiger partial charge in [-0.05, 0) is 24.3 Å². The molecule has 1 N–H and O–H groups in total. The molecule has 0 saturated heterocycles. The van der Waals surface area contributed by atoms with E-state index in [0.717, 1.165) is 10.7 Å². The normalized spacial score (nSPS) is 11.1. The SMILES string of the molecule is CCC(=O)NCCN(c1ccc(Br)cc1)S(C)(=O)=O. The number of sulfonamides is 1. The minimum Gasteiger partial charge on any atom is -0.354 e. The summed E-state index contributed by atoms with van der Waals surface area (Å²) >= 11 is 3.30. The van der Waals surface area contributed by atoms with Gasteiger partial charge in [-0.3, -0.25) is 9.10 Å². The molecule has 0 aromatic heterocycles. The second-order valence-electron chi connectivity index (χ2n) is 4.02. The first kappa shape index (κ1) is 16.0. The van der Waals surface area contributed by atoms with Crippen molar-refractivity contribution >= 4 is 37.5 Å². The lowest BCUT2D eigenvalue weighted by Crippen LogP contribution is -2.37. The van der Waals surface area contributed by atoms with Crippen LogP contribution in [-0.2, 0) is 14.8 Å². The van der Waals surface area contributed by atoms with Gasteiger partial charge >= 0.3 is 0 Å². The number of nitrogens with zero attached hydrogens (tertiary/aromatic N) is 1. The highest BCUT2D eigenvalue weighted by atomic mass is 79.9. The van der Waals surface area contributed by atoms with Gasteiger partial charge in [0, 0.05) is 17.4 Å². The molecule has 0 unspecified atom stereocenters. The quantitative estimate of drug-likeness (QED) is 0.851. The van der Waals surface area contributed by atoms with E-state index in [1.54, 1.807) is 31.2 Å². The number of amides is 1. The second-order valence-corrected chi connectivity index (χ2v) is 6.84. The Morgan fingerprint density at radius 2 is 1.89 bits per heavy atom. The maximum atomic E-state index is 11.8. The summed E-state index contributed by atoms with van der Waals surface area (Å²) < 4.78 is 25.7. The first-order valence-electron chi connectivity index (χ1n) is 5.84. The van der Waals surface area contributed by atoms with E-state index in [1.165, 1.54) is 4.31 Å². The summed E-state index contributed by atoms with van der Waals surface area (Å²) in [6, 6.07) is 6.98. The van der Waals surface area contributed by atoms with Gasteiger partial charge in [0.2, 0.25) is 15.9 Å². The molecule has 0 saturated carbocycles. The van der Waals surface area contributed by atoms with Gasteiger partial charge in [0.1, 0.15) is 0 Å². The van der Waals surface area contributed by atoms with Gasteiger partial charge < -0.3 is 5.32 Å². The number of nitrogens with one attached hydrogen (secondary N) is 1. The fourth-order valence-corrected chi connectivity index (χ4v) is 2.71. The molecule has 0 heterocycles. The number of carbonyl (C=O) groups is 1. The van der Waals surface area contributed by atoms with Crippen LogP contribution in [0.25, 0.3) is 0 Å². The fourth-order valence-electron chi connectivity index (χ4n) is 1.52. The van der Waals surface area contributed by atoms with Crippen LogP contribution in [0.2, 0.25) is 0 Å². The topological polar surface area (TPSA) is 66.5 Å². The van der Waals surface area contributed by atoms with Gasteiger partial charge in [-0.2, -0.15) is 0 Å². The monoisotopic (exact) mass is 348 g/mol. The highest BCUT2D eigenvalue weighted by Crippen LogP contribution is 2.20. The summed E-state index contributed by atoms with van der Waals surface area (Å²) in [4.78, 5) is 11.1. The minimum atomic E-state index is -3.37. The van der Waals surface area contributed by atoms with Crippen molar-refractivity contribution in [2.75, 3.05) is 23.7 Å². The molecule has 0 radical (unpaired) electrons. The van der Waals surface area contributed by atoms with Crippen molar-refractivity contribution in [3.05, 3.63) is 28.7 Å². The van der Waals surface area contributed by atoms with Crippen molar-refractivity contribution in [1.29, 1.82) is 0 Å². The summed E-state index contributed by atoms with van der Waals surface area (Å²) in [5.41, 5.74) is 0.580. The zero-order chi connectivity index (χ0) is 14.5. The predicted molar refractivity (Wildman–Crippen MR) is 79.6 cm³/mol. The van der Waals surface area contributed by atoms with Gasteiger partial charge in [-0.15, -0.1) is 0 Å². The standard InChI is InChI=1S/C12H17BrN2O3S/c1-3-12(16)14-8-9-15(19(2,17)18)11-6-4-10(13)5-7-11/h4-7H,3,8-9H2,1-2H3,(H,14,16). The molecule has 19 heavy (non-hydrogen) atoms. The Bertz CT molecular complexity index is 528. The molecule has 0 fully saturated rings. The van der Waals surface area contributed by atoms with E-state index in [0.29, 0.717) is 12.1 Å². The van der Waals surface area contributed by atoms with Crippen molar-refractivity contribution in [3.63, 3.8) is 0 Å². The van der Waals surface area contributed by atoms with Crippen molar-refractivity contribution < 1.29 is 13.2 Å². The van der Waals surface area contributed by atoms with E-state index in [1.807, 2.05) is 0 Å². The Balaban J connectivity index is 2.79. The first-order valence-corrected chi connectivity index (χ1v) is 8.48. The molecular weight excluding hydrogens is 332 g/mol. The van der Waals surface area contributed by atoms with Gasteiger partial charge in [0.15, 0.2) is 0 Å². The van der Waals surface area contributed by atoms with Crippen LogP contribution in [-0.4, -0.2) is 33.7 Å². The minimum absolute atomic E-state index is 0.0933. The van der Waals surface area contributed by atoms with Gasteiger partial charge in [-0.25, -0.2) is 8.42 Å². The zero-order valence-corrected chi connectivity index (χ0v) is 13.3. The van der Waals surface area contributed by atoms with Crippen LogP contribution in [0.4, 0.5) is 5.69 Å². The summed E-state index contributed by atoms with van der Waals surface area (Å²) in [6.45, 7) is 2.25. The number of hydrogen-bond acceptors (Lipinski definition) is 3. The molecule has 1 aromatic rings. The van der Waals surface area contributed by atoms with Gasteiger partial charge in [0.05, 0.1) is 18.5 Å². The van der Waals surface area contributed by atoms with Crippen LogP contribution in [0.15, 0.2) is 28.7 Å². The van der Waals surface area contributed by atoms with Crippen molar-refractivity contribution in [2.24, 2.45) is 0 Å². The molecule has 0 spiro atoms. The predicted octanol–water partition coefficient (Wildman–Crippen LogP) is 1.74. The van der Waals surface area contributed by atoms with Crippen molar-refractivity contribution in [2.45, 2.75) is 13.3 Å². The van der Waals surface area contributed by atoms with E-state index < -0.39 is 10.0 Å². The molecule has 0 aliphatic heterocycles. The Labute approximate surface area is 122 Å². The molecule has 5 nitrogen and oxygen atoms in total. The lowest BCUT2D eigenvalue weighted by molar-refractivity contribution is -0.120. The largest absolute Gasteiger partial charge is 0.354 e. The number of carbonyl (C=O) groups excluding carboxylic acids is 1. The van der Waals surface area contributed by atoms with E-state index in [2.05, 4.69) is 21.2 Å². The molecule has 106 valence electrons. The molecule has 0 aliphatic rings. The number of hydrogen-bond donors (Lipinski definition) is 1. The Hall–Kier alpha value is -1.08. The average molecular weight is 349 g/mol. The smallest absolute Gasteiger partial charge is 0.232 e. The van der Waals surface area contributed by atoms with Crippen LogP contribution in [0, 0.1) is 0 Å². The van der Waals surface area contributed by atoms with Crippen LogP contribution in [0.5, 0.6) is 0 Å². The lowest BCUT2D eigenvalue weighted by Gasteiger charge is -2.22. The lowest BCUT2D eigenvalue weighted by atomic mass is 10.3. The summed E-state index contributed by atoms with van der Waals surface area (Å²) in [5.74, 6) is -0.0933. The Morgan fingerprint density at radius 3 is 2.37 bits per heavy atom. The first-order chi connectivity index (χ1) is 8.84. The fraction of sp³-hybridized carbons (Fsp3) is 0.417. The Morgan fingerprint density at radius 1 is 1.32 bits per heavy atom. The maximum Gasteiger partial charge on any atom is 0.232 e.